The van der Waals surface area contributed by atoms with Crippen LogP contribution >= 0.6 is 0 Å². The van der Waals surface area contributed by atoms with E-state index in [1.165, 1.54) is 22.3 Å². The number of aromatic nitrogens is 2. The van der Waals surface area contributed by atoms with Crippen molar-refractivity contribution in [2.45, 2.75) is 38.8 Å². The highest BCUT2D eigenvalue weighted by molar-refractivity contribution is 5.62. The molecule has 0 unspecified atom stereocenters. The number of nitrogens with two attached hydrogens (primary N) is 1. The first-order valence-electron chi connectivity index (χ1n) is 10.8. The predicted octanol–water partition coefficient (Wildman–Crippen LogP) is 4.24. The van der Waals surface area contributed by atoms with Gasteiger partial charge in [-0.2, -0.15) is 0 Å². The van der Waals surface area contributed by atoms with Gasteiger partial charge in [-0.3, -0.25) is 4.98 Å². The van der Waals surface area contributed by atoms with Gasteiger partial charge in [0.1, 0.15) is 5.82 Å². The minimum atomic E-state index is 0.150. The Bertz CT molecular complexity index is 1020. The lowest BCUT2D eigenvalue weighted by Gasteiger charge is -2.43. The minimum Gasteiger partial charge on any atom is -0.381 e. The molecular formula is C25H29N5. The molecular weight excluding hydrogens is 370 g/mol. The van der Waals surface area contributed by atoms with Crippen LogP contribution in [0.1, 0.15) is 41.1 Å². The van der Waals surface area contributed by atoms with Gasteiger partial charge in [0, 0.05) is 55.5 Å². The van der Waals surface area contributed by atoms with Crippen LogP contribution in [0, 0.1) is 12.3 Å². The van der Waals surface area contributed by atoms with E-state index in [1.54, 1.807) is 6.20 Å². The van der Waals surface area contributed by atoms with E-state index in [9.17, 15) is 0 Å². The Morgan fingerprint density at radius 3 is 2.70 bits per heavy atom. The molecule has 5 heteroatoms. The van der Waals surface area contributed by atoms with Crippen molar-refractivity contribution in [3.8, 4) is 0 Å². The zero-order valence-corrected chi connectivity index (χ0v) is 17.5. The highest BCUT2D eigenvalue weighted by Crippen LogP contribution is 2.51. The zero-order chi connectivity index (χ0) is 20.6. The third kappa shape index (κ3) is 3.33. The van der Waals surface area contributed by atoms with E-state index in [0.29, 0.717) is 0 Å². The Kier molecular flexibility index (Phi) is 4.91. The average molecular weight is 400 g/mol. The first-order valence-corrected chi connectivity index (χ1v) is 10.8. The van der Waals surface area contributed by atoms with Gasteiger partial charge in [0.25, 0.3) is 0 Å². The fourth-order valence-corrected chi connectivity index (χ4v) is 5.20. The van der Waals surface area contributed by atoms with Gasteiger partial charge >= 0.3 is 0 Å². The summed E-state index contributed by atoms with van der Waals surface area (Å²) in [6, 6.07) is 15.0. The number of hydrogen-bond donors (Lipinski definition) is 2. The minimum absolute atomic E-state index is 0.150. The molecule has 5 nitrogen and oxygen atoms in total. The lowest BCUT2D eigenvalue weighted by molar-refractivity contribution is 0.187. The van der Waals surface area contributed by atoms with Gasteiger partial charge in [-0.05, 0) is 60.4 Å². The predicted molar refractivity (Wildman–Crippen MR) is 121 cm³/mol. The van der Waals surface area contributed by atoms with Crippen molar-refractivity contribution in [2.24, 2.45) is 11.1 Å². The molecule has 2 aliphatic rings. The topological polar surface area (TPSA) is 67.1 Å². The van der Waals surface area contributed by atoms with Crippen LogP contribution in [0.2, 0.25) is 0 Å². The van der Waals surface area contributed by atoms with Crippen molar-refractivity contribution in [1.29, 1.82) is 0 Å². The number of nitrogens with one attached hydrogen (secondary N) is 1. The molecule has 30 heavy (non-hydrogen) atoms. The first-order chi connectivity index (χ1) is 14.7. The third-order valence-corrected chi connectivity index (χ3v) is 7.03. The van der Waals surface area contributed by atoms with Gasteiger partial charge in [0.05, 0.1) is 0 Å². The fraction of sp³-hybridized carbons (Fsp3) is 0.360. The van der Waals surface area contributed by atoms with Gasteiger partial charge in [0.2, 0.25) is 0 Å². The third-order valence-electron chi connectivity index (χ3n) is 7.03. The first kappa shape index (κ1) is 19.1. The maximum Gasteiger partial charge on any atom is 0.133 e. The monoisotopic (exact) mass is 399 g/mol. The van der Waals surface area contributed by atoms with Gasteiger partial charge in [-0.25, -0.2) is 4.98 Å². The Labute approximate surface area is 178 Å². The van der Waals surface area contributed by atoms with E-state index in [4.69, 9.17) is 10.7 Å². The smallest absolute Gasteiger partial charge is 0.133 e. The number of hydrogen-bond acceptors (Lipinski definition) is 5. The molecule has 0 saturated carbocycles. The molecule has 1 saturated heterocycles. The van der Waals surface area contributed by atoms with Crippen LogP contribution in [0.15, 0.2) is 61.1 Å². The summed E-state index contributed by atoms with van der Waals surface area (Å²) in [6.45, 7) is 4.92. The molecule has 1 aliphatic carbocycles. The summed E-state index contributed by atoms with van der Waals surface area (Å²) in [5.74, 6) is 1.09. The van der Waals surface area contributed by atoms with Crippen LogP contribution in [0.5, 0.6) is 0 Å². The maximum absolute atomic E-state index is 6.74. The number of pyridine rings is 2. The van der Waals surface area contributed by atoms with Crippen LogP contribution in [0.25, 0.3) is 0 Å². The van der Waals surface area contributed by atoms with Crippen molar-refractivity contribution in [3.63, 3.8) is 0 Å². The summed E-state index contributed by atoms with van der Waals surface area (Å²) in [4.78, 5) is 11.4. The van der Waals surface area contributed by atoms with E-state index >= 15 is 0 Å². The van der Waals surface area contributed by atoms with Crippen molar-refractivity contribution >= 4 is 11.5 Å². The number of benzene rings is 1. The lowest BCUT2D eigenvalue weighted by Crippen LogP contribution is -2.44. The number of anilines is 2. The molecule has 3 aromatic rings. The summed E-state index contributed by atoms with van der Waals surface area (Å²) >= 11 is 0. The van der Waals surface area contributed by atoms with Gasteiger partial charge in [-0.15, -0.1) is 0 Å². The fourth-order valence-electron chi connectivity index (χ4n) is 5.20. The molecule has 2 aromatic heterocycles. The van der Waals surface area contributed by atoms with Crippen molar-refractivity contribution in [2.75, 3.05) is 23.3 Å². The molecule has 0 amide bonds. The second-order valence-electron chi connectivity index (χ2n) is 8.72. The van der Waals surface area contributed by atoms with E-state index in [1.807, 2.05) is 18.5 Å². The quantitative estimate of drug-likeness (QED) is 0.687. The Balaban J connectivity index is 1.29. The van der Waals surface area contributed by atoms with E-state index in [-0.39, 0.29) is 11.5 Å². The van der Waals surface area contributed by atoms with E-state index in [0.717, 1.165) is 50.4 Å². The number of piperidine rings is 1. The van der Waals surface area contributed by atoms with Gasteiger partial charge < -0.3 is 16.0 Å². The number of rotatable bonds is 4. The molecule has 0 radical (unpaired) electrons. The van der Waals surface area contributed by atoms with Crippen LogP contribution in [-0.2, 0) is 13.0 Å². The second-order valence-corrected chi connectivity index (χ2v) is 8.72. The summed E-state index contributed by atoms with van der Waals surface area (Å²) in [7, 11) is 0. The Morgan fingerprint density at radius 2 is 1.93 bits per heavy atom. The standard InChI is InChI=1S/C25H29N5/c1-18-22(29-17-19-5-4-11-27-16-19)8-12-28-24(18)30-13-9-25(10-14-30)15-20-6-2-3-7-21(20)23(25)26/h2-8,11-12,16,23H,9-10,13-15,17,26H2,1H3,(H,28,29)/t23-/m1/s1. The Hall–Kier alpha value is -2.92. The molecule has 3 heterocycles. The van der Waals surface area contributed by atoms with Crippen LogP contribution in [0.4, 0.5) is 11.5 Å². The summed E-state index contributed by atoms with van der Waals surface area (Å²) < 4.78 is 0. The van der Waals surface area contributed by atoms with Crippen LogP contribution in [0.3, 0.4) is 0 Å². The molecule has 154 valence electrons. The summed E-state index contributed by atoms with van der Waals surface area (Å²) in [5.41, 5.74) is 13.2. The van der Waals surface area contributed by atoms with Crippen molar-refractivity contribution < 1.29 is 0 Å². The normalized spacial score (nSPS) is 19.7. The SMILES string of the molecule is Cc1c(NCc2cccnc2)ccnc1N1CCC2(CC1)Cc1ccccc1[C@H]2N. The summed E-state index contributed by atoms with van der Waals surface area (Å²) in [5, 5.41) is 3.55. The Morgan fingerprint density at radius 1 is 1.10 bits per heavy atom. The van der Waals surface area contributed by atoms with Crippen LogP contribution < -0.4 is 16.0 Å². The van der Waals surface area contributed by atoms with E-state index < -0.39 is 0 Å². The molecule has 1 atom stereocenters. The molecule has 3 N–H and O–H groups in total. The van der Waals surface area contributed by atoms with Gasteiger partial charge in [-0.1, -0.05) is 30.3 Å². The second kappa shape index (κ2) is 7.73. The van der Waals surface area contributed by atoms with Crippen LogP contribution in [-0.4, -0.2) is 23.1 Å². The maximum atomic E-state index is 6.74. The molecule has 1 fully saturated rings. The molecule has 1 aliphatic heterocycles. The van der Waals surface area contributed by atoms with Crippen molar-refractivity contribution in [1.82, 2.24) is 9.97 Å². The molecule has 0 bridgehead atoms. The number of nitrogens with zero attached hydrogens (tertiary/aromatic N) is 3. The van der Waals surface area contributed by atoms with Crippen molar-refractivity contribution in [3.05, 3.63) is 83.3 Å². The highest BCUT2D eigenvalue weighted by Gasteiger charge is 2.45. The summed E-state index contributed by atoms with van der Waals surface area (Å²) in [6.07, 6.45) is 8.94. The number of fused-ring (bicyclic) bond motifs is 1. The molecule has 1 spiro atoms. The highest BCUT2D eigenvalue weighted by atomic mass is 15.2. The average Bonchev–Trinajstić information content (AvgIpc) is 3.06. The lowest BCUT2D eigenvalue weighted by atomic mass is 9.73. The van der Waals surface area contributed by atoms with E-state index in [2.05, 4.69) is 58.5 Å². The zero-order valence-electron chi connectivity index (χ0n) is 17.5. The largest absolute Gasteiger partial charge is 0.381 e. The van der Waals surface area contributed by atoms with Gasteiger partial charge in [0.15, 0.2) is 0 Å². The molecule has 1 aromatic carbocycles. The molecule has 5 rings (SSSR count).